The van der Waals surface area contributed by atoms with Crippen molar-refractivity contribution in [2.75, 3.05) is 6.54 Å². The first-order valence-electron chi connectivity index (χ1n) is 7.81. The van der Waals surface area contributed by atoms with E-state index in [1.807, 2.05) is 0 Å². The molecule has 0 aromatic carbocycles. The second kappa shape index (κ2) is 9.62. The molecule has 0 atom stereocenters. The summed E-state index contributed by atoms with van der Waals surface area (Å²) in [5, 5.41) is 2.81. The maximum absolute atomic E-state index is 11.6. The minimum Gasteiger partial charge on any atom is -0.446 e. The highest BCUT2D eigenvalue weighted by molar-refractivity contribution is 5.67. The highest BCUT2D eigenvalue weighted by Crippen LogP contribution is 2.20. The fourth-order valence-electron chi connectivity index (χ4n) is 2.38. The van der Waals surface area contributed by atoms with Gasteiger partial charge in [-0.25, -0.2) is 4.79 Å². The van der Waals surface area contributed by atoms with E-state index in [1.165, 1.54) is 30.4 Å². The smallest absolute Gasteiger partial charge is 0.407 e. The number of carbonyl (C=O) groups is 1. The van der Waals surface area contributed by atoms with Crippen LogP contribution in [0.4, 0.5) is 4.79 Å². The zero-order valence-corrected chi connectivity index (χ0v) is 13.2. The van der Waals surface area contributed by atoms with E-state index in [0.29, 0.717) is 6.54 Å². The van der Waals surface area contributed by atoms with Gasteiger partial charge >= 0.3 is 6.09 Å². The second-order valence-electron chi connectivity index (χ2n) is 5.92. The lowest BCUT2D eigenvalue weighted by molar-refractivity contribution is 0.0761. The number of carbonyl (C=O) groups excluding carboxylic acids is 1. The Hall–Kier alpha value is -1.25. The molecule has 0 saturated heterocycles. The number of hydrogen-bond donors (Lipinski definition) is 1. The molecular formula is C17H29NO2. The van der Waals surface area contributed by atoms with Crippen molar-refractivity contribution in [3.63, 3.8) is 0 Å². The van der Waals surface area contributed by atoms with Gasteiger partial charge < -0.3 is 10.1 Å². The number of alkyl carbamates (subject to hydrolysis) is 1. The predicted molar refractivity (Wildman–Crippen MR) is 83.8 cm³/mol. The first kappa shape index (κ1) is 16.8. The summed E-state index contributed by atoms with van der Waals surface area (Å²) in [4.78, 5) is 11.6. The summed E-state index contributed by atoms with van der Waals surface area (Å²) in [6.07, 6.45) is 12.0. The van der Waals surface area contributed by atoms with Gasteiger partial charge in [0.15, 0.2) is 0 Å². The number of amides is 1. The third-order valence-corrected chi connectivity index (χ3v) is 3.61. The van der Waals surface area contributed by atoms with Crippen molar-refractivity contribution in [1.82, 2.24) is 5.32 Å². The molecule has 3 nitrogen and oxygen atoms in total. The standard InChI is InChI=1S/C17H29NO2/c1-14(2)8-7-9-15(3)12-13-18-17(19)20-16-10-5-4-6-11-16/h8,12,16H,4-7,9-11,13H2,1-3H3,(H,18,19)/b15-12+. The van der Waals surface area contributed by atoms with Gasteiger partial charge in [0.25, 0.3) is 0 Å². The number of ether oxygens (including phenoxy) is 1. The number of hydrogen-bond acceptors (Lipinski definition) is 2. The van der Waals surface area contributed by atoms with Gasteiger partial charge in [-0.3, -0.25) is 0 Å². The highest BCUT2D eigenvalue weighted by atomic mass is 16.6. The van der Waals surface area contributed by atoms with Crippen LogP contribution in [0.2, 0.25) is 0 Å². The molecule has 0 radical (unpaired) electrons. The molecule has 0 aromatic heterocycles. The van der Waals surface area contributed by atoms with Crippen LogP contribution in [0.5, 0.6) is 0 Å². The van der Waals surface area contributed by atoms with E-state index in [1.54, 1.807) is 0 Å². The molecule has 0 bridgehead atoms. The van der Waals surface area contributed by atoms with Crippen LogP contribution in [0.25, 0.3) is 0 Å². The molecule has 1 saturated carbocycles. The van der Waals surface area contributed by atoms with Gasteiger partial charge in [0, 0.05) is 6.54 Å². The van der Waals surface area contributed by atoms with Crippen LogP contribution < -0.4 is 5.32 Å². The Bertz CT molecular complexity index is 348. The fourth-order valence-corrected chi connectivity index (χ4v) is 2.38. The van der Waals surface area contributed by atoms with Crippen LogP contribution in [-0.2, 0) is 4.74 Å². The first-order chi connectivity index (χ1) is 9.58. The summed E-state index contributed by atoms with van der Waals surface area (Å²) in [5.41, 5.74) is 2.66. The van der Waals surface area contributed by atoms with Gasteiger partial charge in [0.2, 0.25) is 0 Å². The average Bonchev–Trinajstić information content (AvgIpc) is 2.39. The first-order valence-corrected chi connectivity index (χ1v) is 7.81. The molecule has 1 N–H and O–H groups in total. The van der Waals surface area contributed by atoms with Crippen molar-refractivity contribution in [1.29, 1.82) is 0 Å². The van der Waals surface area contributed by atoms with Crippen LogP contribution in [0, 0.1) is 0 Å². The zero-order valence-electron chi connectivity index (χ0n) is 13.2. The van der Waals surface area contributed by atoms with Gasteiger partial charge in [0.05, 0.1) is 0 Å². The van der Waals surface area contributed by atoms with Crippen molar-refractivity contribution in [2.45, 2.75) is 71.8 Å². The molecule has 20 heavy (non-hydrogen) atoms. The summed E-state index contributed by atoms with van der Waals surface area (Å²) < 4.78 is 5.40. The SMILES string of the molecule is CC(C)=CCC/C(C)=C/CNC(=O)OC1CCCCC1. The summed E-state index contributed by atoms with van der Waals surface area (Å²) >= 11 is 0. The maximum atomic E-state index is 11.6. The largest absolute Gasteiger partial charge is 0.446 e. The Balaban J connectivity index is 2.14. The zero-order chi connectivity index (χ0) is 14.8. The fraction of sp³-hybridized carbons (Fsp3) is 0.706. The monoisotopic (exact) mass is 279 g/mol. The van der Waals surface area contributed by atoms with Gasteiger partial charge in [-0.1, -0.05) is 29.7 Å². The molecule has 114 valence electrons. The van der Waals surface area contributed by atoms with Crippen molar-refractivity contribution < 1.29 is 9.53 Å². The lowest BCUT2D eigenvalue weighted by Gasteiger charge is -2.21. The minimum absolute atomic E-state index is 0.131. The molecule has 1 fully saturated rings. The van der Waals surface area contributed by atoms with E-state index in [2.05, 4.69) is 38.2 Å². The van der Waals surface area contributed by atoms with Crippen molar-refractivity contribution in [3.8, 4) is 0 Å². The molecular weight excluding hydrogens is 250 g/mol. The van der Waals surface area contributed by atoms with Crippen LogP contribution in [0.3, 0.4) is 0 Å². The molecule has 0 heterocycles. The lowest BCUT2D eigenvalue weighted by Crippen LogP contribution is -2.30. The summed E-state index contributed by atoms with van der Waals surface area (Å²) in [6, 6.07) is 0. The highest BCUT2D eigenvalue weighted by Gasteiger charge is 2.16. The van der Waals surface area contributed by atoms with E-state index >= 15 is 0 Å². The molecule has 3 heteroatoms. The van der Waals surface area contributed by atoms with Crippen molar-refractivity contribution >= 4 is 6.09 Å². The topological polar surface area (TPSA) is 38.3 Å². The van der Waals surface area contributed by atoms with E-state index in [9.17, 15) is 4.79 Å². The summed E-state index contributed by atoms with van der Waals surface area (Å²) in [7, 11) is 0. The minimum atomic E-state index is -0.273. The van der Waals surface area contributed by atoms with E-state index in [4.69, 9.17) is 4.74 Å². The van der Waals surface area contributed by atoms with Crippen LogP contribution in [0.15, 0.2) is 23.3 Å². The molecule has 0 aromatic rings. The quantitative estimate of drug-likeness (QED) is 0.713. The Kier molecular flexibility index (Phi) is 8.08. The van der Waals surface area contributed by atoms with Gasteiger partial charge in [-0.15, -0.1) is 0 Å². The second-order valence-corrected chi connectivity index (χ2v) is 5.92. The lowest BCUT2D eigenvalue weighted by atomic mass is 9.98. The summed E-state index contributed by atoms with van der Waals surface area (Å²) in [5.74, 6) is 0. The molecule has 0 aliphatic heterocycles. The third-order valence-electron chi connectivity index (χ3n) is 3.61. The van der Waals surface area contributed by atoms with Crippen molar-refractivity contribution in [2.24, 2.45) is 0 Å². The number of allylic oxidation sites excluding steroid dienone is 3. The molecule has 1 rings (SSSR count). The maximum Gasteiger partial charge on any atom is 0.407 e. The Morgan fingerprint density at radius 1 is 1.15 bits per heavy atom. The number of nitrogens with one attached hydrogen (secondary N) is 1. The summed E-state index contributed by atoms with van der Waals surface area (Å²) in [6.45, 7) is 6.89. The Morgan fingerprint density at radius 3 is 2.50 bits per heavy atom. The molecule has 1 amide bonds. The Morgan fingerprint density at radius 2 is 1.85 bits per heavy atom. The van der Waals surface area contributed by atoms with Crippen molar-refractivity contribution in [3.05, 3.63) is 23.3 Å². The molecule has 1 aliphatic rings. The van der Waals surface area contributed by atoms with E-state index < -0.39 is 0 Å². The van der Waals surface area contributed by atoms with Crippen LogP contribution in [0.1, 0.15) is 65.7 Å². The molecule has 0 spiro atoms. The number of rotatable bonds is 6. The van der Waals surface area contributed by atoms with E-state index in [-0.39, 0.29) is 12.2 Å². The van der Waals surface area contributed by atoms with Crippen LogP contribution >= 0.6 is 0 Å². The van der Waals surface area contributed by atoms with Gasteiger partial charge in [-0.2, -0.15) is 0 Å². The normalized spacial score (nSPS) is 16.6. The average molecular weight is 279 g/mol. The molecule has 0 unspecified atom stereocenters. The van der Waals surface area contributed by atoms with Crippen LogP contribution in [-0.4, -0.2) is 18.7 Å². The molecule has 1 aliphatic carbocycles. The predicted octanol–water partition coefficient (Wildman–Crippen LogP) is 4.74. The van der Waals surface area contributed by atoms with Gasteiger partial charge in [0.1, 0.15) is 6.10 Å². The third kappa shape index (κ3) is 8.03. The van der Waals surface area contributed by atoms with Gasteiger partial charge in [-0.05, 0) is 59.3 Å². The Labute approximate surface area is 123 Å². The van der Waals surface area contributed by atoms with E-state index in [0.717, 1.165) is 25.7 Å².